The van der Waals surface area contributed by atoms with Gasteiger partial charge in [-0.2, -0.15) is 0 Å². The molecule has 1 fully saturated rings. The summed E-state index contributed by atoms with van der Waals surface area (Å²) in [4.78, 5) is 15.5. The number of likely N-dealkylation sites (tertiary alicyclic amines) is 1. The number of Topliss-reactive ketones (excluding diaryl/α,β-unsaturated/α-hetero) is 1. The summed E-state index contributed by atoms with van der Waals surface area (Å²) >= 11 is 0. The molecule has 4 nitrogen and oxygen atoms in total. The van der Waals surface area contributed by atoms with Gasteiger partial charge in [-0.15, -0.1) is 6.58 Å². The summed E-state index contributed by atoms with van der Waals surface area (Å²) in [6.45, 7) is 8.52. The SMILES string of the molecule is C=CC.COc1cc2c(cc1OC)C(=O)C(CC1CCN(Cc3ccccc3)CC1)C2. The van der Waals surface area contributed by atoms with E-state index < -0.39 is 0 Å². The molecule has 1 aliphatic heterocycles. The van der Waals surface area contributed by atoms with E-state index in [1.165, 1.54) is 18.4 Å². The van der Waals surface area contributed by atoms with E-state index in [4.69, 9.17) is 9.47 Å². The molecule has 4 rings (SSSR count). The van der Waals surface area contributed by atoms with Crippen molar-refractivity contribution in [3.05, 3.63) is 71.8 Å². The minimum Gasteiger partial charge on any atom is -0.493 e. The van der Waals surface area contributed by atoms with Crippen LogP contribution in [0.25, 0.3) is 0 Å². The summed E-state index contributed by atoms with van der Waals surface area (Å²) < 4.78 is 10.8. The van der Waals surface area contributed by atoms with E-state index in [1.54, 1.807) is 20.3 Å². The smallest absolute Gasteiger partial charge is 0.166 e. The summed E-state index contributed by atoms with van der Waals surface area (Å²) in [6.07, 6.45) is 5.94. The molecule has 4 heteroatoms. The summed E-state index contributed by atoms with van der Waals surface area (Å²) in [5, 5.41) is 0. The molecule has 2 aliphatic rings. The van der Waals surface area contributed by atoms with Crippen molar-refractivity contribution in [2.24, 2.45) is 11.8 Å². The van der Waals surface area contributed by atoms with Crippen LogP contribution in [0.1, 0.15) is 47.7 Å². The van der Waals surface area contributed by atoms with Crippen LogP contribution in [-0.4, -0.2) is 38.0 Å². The summed E-state index contributed by atoms with van der Waals surface area (Å²) in [5.74, 6) is 2.38. The Balaban J connectivity index is 0.000000858. The molecule has 0 spiro atoms. The van der Waals surface area contributed by atoms with Gasteiger partial charge >= 0.3 is 0 Å². The second-order valence-electron chi connectivity index (χ2n) is 8.48. The Bertz CT molecular complexity index is 870. The molecule has 0 amide bonds. The lowest BCUT2D eigenvalue weighted by molar-refractivity contribution is 0.0895. The normalized spacial score (nSPS) is 18.7. The molecule has 1 aliphatic carbocycles. The van der Waals surface area contributed by atoms with Crippen LogP contribution in [0.15, 0.2) is 55.1 Å². The molecule has 1 atom stereocenters. The van der Waals surface area contributed by atoms with Crippen LogP contribution >= 0.6 is 0 Å². The van der Waals surface area contributed by atoms with Gasteiger partial charge < -0.3 is 9.47 Å². The Morgan fingerprint density at radius 1 is 1.06 bits per heavy atom. The molecule has 0 aromatic heterocycles. The molecule has 0 radical (unpaired) electrons. The molecule has 0 N–H and O–H groups in total. The van der Waals surface area contributed by atoms with E-state index in [0.717, 1.165) is 43.6 Å². The zero-order chi connectivity index (χ0) is 22.2. The van der Waals surface area contributed by atoms with Crippen molar-refractivity contribution < 1.29 is 14.3 Å². The largest absolute Gasteiger partial charge is 0.493 e. The van der Waals surface area contributed by atoms with E-state index in [1.807, 2.05) is 19.1 Å². The van der Waals surface area contributed by atoms with Crippen molar-refractivity contribution in [1.29, 1.82) is 0 Å². The van der Waals surface area contributed by atoms with Crippen LogP contribution in [0.4, 0.5) is 0 Å². The number of rotatable bonds is 6. The van der Waals surface area contributed by atoms with E-state index in [0.29, 0.717) is 17.4 Å². The predicted molar refractivity (Wildman–Crippen MR) is 126 cm³/mol. The second-order valence-corrected chi connectivity index (χ2v) is 8.48. The Morgan fingerprint density at radius 2 is 1.68 bits per heavy atom. The van der Waals surface area contributed by atoms with Crippen LogP contribution in [0, 0.1) is 11.8 Å². The third-order valence-electron chi connectivity index (χ3n) is 6.29. The minimum atomic E-state index is 0.109. The number of nitrogens with zero attached hydrogens (tertiary/aromatic N) is 1. The van der Waals surface area contributed by atoms with Crippen LogP contribution in [0.2, 0.25) is 0 Å². The zero-order valence-corrected chi connectivity index (χ0v) is 19.1. The van der Waals surface area contributed by atoms with Gasteiger partial charge in [0.2, 0.25) is 0 Å². The molecular formula is C27H35NO3. The highest BCUT2D eigenvalue weighted by Gasteiger charge is 2.34. The number of hydrogen-bond donors (Lipinski definition) is 0. The Kier molecular flexibility index (Phi) is 8.30. The van der Waals surface area contributed by atoms with Crippen molar-refractivity contribution in [2.45, 2.75) is 39.2 Å². The van der Waals surface area contributed by atoms with Crippen molar-refractivity contribution >= 4 is 5.78 Å². The average molecular weight is 422 g/mol. The maximum absolute atomic E-state index is 12.9. The fraction of sp³-hybridized carbons (Fsp3) is 0.444. The van der Waals surface area contributed by atoms with E-state index in [2.05, 4.69) is 41.8 Å². The maximum atomic E-state index is 12.9. The average Bonchev–Trinajstić information content (AvgIpc) is 3.09. The molecular weight excluding hydrogens is 386 g/mol. The third-order valence-corrected chi connectivity index (χ3v) is 6.29. The molecule has 1 saturated heterocycles. The third kappa shape index (κ3) is 5.76. The number of hydrogen-bond acceptors (Lipinski definition) is 4. The van der Waals surface area contributed by atoms with E-state index in [-0.39, 0.29) is 11.7 Å². The summed E-state index contributed by atoms with van der Waals surface area (Å²) in [5.41, 5.74) is 3.31. The van der Waals surface area contributed by atoms with Crippen LogP contribution in [0.5, 0.6) is 11.5 Å². The van der Waals surface area contributed by atoms with Gasteiger partial charge in [0.05, 0.1) is 14.2 Å². The molecule has 0 bridgehead atoms. The highest BCUT2D eigenvalue weighted by molar-refractivity contribution is 6.02. The van der Waals surface area contributed by atoms with Crippen LogP contribution < -0.4 is 9.47 Å². The van der Waals surface area contributed by atoms with Gasteiger partial charge in [0, 0.05) is 18.0 Å². The number of carbonyl (C=O) groups excluding carboxylic acids is 1. The molecule has 2 aromatic carbocycles. The Morgan fingerprint density at radius 3 is 2.29 bits per heavy atom. The van der Waals surface area contributed by atoms with E-state index >= 15 is 0 Å². The number of allylic oxidation sites excluding steroid dienone is 1. The standard InChI is InChI=1S/C24H29NO3.C3H6/c1-27-22-14-19-13-20(24(26)21(19)15-23(22)28-2)12-17-8-10-25(11-9-17)16-18-6-4-3-5-7-18;1-3-2/h3-7,14-15,17,20H,8-13,16H2,1-2H3;3H,1H2,2H3. The number of piperidine rings is 1. The number of ether oxygens (including phenoxy) is 2. The van der Waals surface area contributed by atoms with Crippen molar-refractivity contribution in [1.82, 2.24) is 4.90 Å². The van der Waals surface area contributed by atoms with Gasteiger partial charge in [0.15, 0.2) is 17.3 Å². The highest BCUT2D eigenvalue weighted by Crippen LogP contribution is 2.39. The highest BCUT2D eigenvalue weighted by atomic mass is 16.5. The van der Waals surface area contributed by atoms with Crippen molar-refractivity contribution in [3.63, 3.8) is 0 Å². The Labute approximate surface area is 186 Å². The van der Waals surface area contributed by atoms with Crippen LogP contribution in [-0.2, 0) is 13.0 Å². The first-order valence-corrected chi connectivity index (χ1v) is 11.2. The lowest BCUT2D eigenvalue weighted by atomic mass is 9.85. The number of methoxy groups -OCH3 is 2. The fourth-order valence-electron chi connectivity index (χ4n) is 4.71. The molecule has 0 saturated carbocycles. The monoisotopic (exact) mass is 421 g/mol. The van der Waals surface area contributed by atoms with Gasteiger partial charge in [0.1, 0.15) is 0 Å². The maximum Gasteiger partial charge on any atom is 0.166 e. The molecule has 2 aromatic rings. The van der Waals surface area contributed by atoms with Gasteiger partial charge in [-0.1, -0.05) is 36.4 Å². The number of ketones is 1. The van der Waals surface area contributed by atoms with Gasteiger partial charge in [-0.3, -0.25) is 9.69 Å². The first-order chi connectivity index (χ1) is 15.1. The lowest BCUT2D eigenvalue weighted by Crippen LogP contribution is -2.34. The molecule has 166 valence electrons. The van der Waals surface area contributed by atoms with Gasteiger partial charge in [0.25, 0.3) is 0 Å². The number of carbonyl (C=O) groups is 1. The lowest BCUT2D eigenvalue weighted by Gasteiger charge is -2.32. The first kappa shape index (κ1) is 23.1. The van der Waals surface area contributed by atoms with Crippen LogP contribution in [0.3, 0.4) is 0 Å². The second kappa shape index (κ2) is 11.1. The van der Waals surface area contributed by atoms with Gasteiger partial charge in [-0.25, -0.2) is 0 Å². The Hall–Kier alpha value is -2.59. The number of fused-ring (bicyclic) bond motifs is 1. The number of benzene rings is 2. The van der Waals surface area contributed by atoms with Crippen molar-refractivity contribution in [3.8, 4) is 11.5 Å². The van der Waals surface area contributed by atoms with Gasteiger partial charge in [-0.05, 0) is 74.9 Å². The predicted octanol–water partition coefficient (Wildman–Crippen LogP) is 5.55. The minimum absolute atomic E-state index is 0.109. The molecule has 1 heterocycles. The quantitative estimate of drug-likeness (QED) is 0.573. The fourth-order valence-corrected chi connectivity index (χ4v) is 4.71. The topological polar surface area (TPSA) is 38.8 Å². The summed E-state index contributed by atoms with van der Waals surface area (Å²) in [6, 6.07) is 14.5. The molecule has 31 heavy (non-hydrogen) atoms. The molecule has 1 unspecified atom stereocenters. The first-order valence-electron chi connectivity index (χ1n) is 11.2. The van der Waals surface area contributed by atoms with Crippen molar-refractivity contribution in [2.75, 3.05) is 27.3 Å². The van der Waals surface area contributed by atoms with E-state index in [9.17, 15) is 4.79 Å². The summed E-state index contributed by atoms with van der Waals surface area (Å²) in [7, 11) is 3.26. The zero-order valence-electron chi connectivity index (χ0n) is 19.1.